The van der Waals surface area contributed by atoms with Gasteiger partial charge in [0.15, 0.2) is 0 Å². The Morgan fingerprint density at radius 1 is 1.50 bits per heavy atom. The summed E-state index contributed by atoms with van der Waals surface area (Å²) in [7, 11) is 0. The number of carbonyl (C=O) groups is 1. The number of amides is 2. The third-order valence-corrected chi connectivity index (χ3v) is 2.59. The Morgan fingerprint density at radius 3 is 3.08 bits per heavy atom. The molecule has 1 aliphatic heterocycles. The maximum atomic E-state index is 10.9. The number of thiophene rings is 1. The van der Waals surface area contributed by atoms with Crippen molar-refractivity contribution in [1.82, 2.24) is 10.6 Å². The van der Waals surface area contributed by atoms with Crippen LogP contribution in [0.1, 0.15) is 10.9 Å². The van der Waals surface area contributed by atoms with E-state index in [0.29, 0.717) is 0 Å². The van der Waals surface area contributed by atoms with E-state index in [9.17, 15) is 4.79 Å². The normalized spacial score (nSPS) is 21.7. The minimum absolute atomic E-state index is 0.0405. The maximum Gasteiger partial charge on any atom is 0.319 e. The maximum absolute atomic E-state index is 10.9. The lowest BCUT2D eigenvalue weighted by Gasteiger charge is -2.17. The van der Waals surface area contributed by atoms with Crippen molar-refractivity contribution in [3.8, 4) is 0 Å². The summed E-state index contributed by atoms with van der Waals surface area (Å²) in [6.45, 7) is 0. The van der Waals surface area contributed by atoms with Gasteiger partial charge in [0.2, 0.25) is 0 Å². The van der Waals surface area contributed by atoms with Crippen LogP contribution in [0.3, 0.4) is 0 Å². The van der Waals surface area contributed by atoms with Crippen LogP contribution in [0.2, 0.25) is 0 Å². The highest BCUT2D eigenvalue weighted by Gasteiger charge is 2.14. The standard InChI is InChI=1S/C8H8N2OS/c11-8-9-4-3-6(10-8)7-2-1-5-12-7/h1-6H,(H2,9,10,11). The van der Waals surface area contributed by atoms with E-state index in [0.717, 1.165) is 4.88 Å². The zero-order valence-corrected chi connectivity index (χ0v) is 7.10. The molecule has 2 heterocycles. The first kappa shape index (κ1) is 7.36. The average Bonchev–Trinajstić information content (AvgIpc) is 2.56. The Morgan fingerprint density at radius 2 is 2.42 bits per heavy atom. The molecule has 62 valence electrons. The SMILES string of the molecule is O=C1NC=CC(c2cccs2)N1. The van der Waals surface area contributed by atoms with Crippen LogP contribution in [0.25, 0.3) is 0 Å². The van der Waals surface area contributed by atoms with Crippen LogP contribution in [0.4, 0.5) is 4.79 Å². The van der Waals surface area contributed by atoms with Crippen molar-refractivity contribution in [3.63, 3.8) is 0 Å². The highest BCUT2D eigenvalue weighted by molar-refractivity contribution is 7.10. The largest absolute Gasteiger partial charge is 0.327 e. The van der Waals surface area contributed by atoms with Crippen LogP contribution in [0, 0.1) is 0 Å². The third-order valence-electron chi connectivity index (χ3n) is 1.64. The van der Waals surface area contributed by atoms with Crippen LogP contribution < -0.4 is 10.6 Å². The van der Waals surface area contributed by atoms with Crippen LogP contribution >= 0.6 is 11.3 Å². The third kappa shape index (κ3) is 1.33. The van der Waals surface area contributed by atoms with Crippen LogP contribution in [0.15, 0.2) is 29.8 Å². The smallest absolute Gasteiger partial charge is 0.319 e. The summed E-state index contributed by atoms with van der Waals surface area (Å²) in [6, 6.07) is 3.88. The summed E-state index contributed by atoms with van der Waals surface area (Å²) in [6.07, 6.45) is 3.59. The molecule has 0 radical (unpaired) electrons. The first-order valence-electron chi connectivity index (χ1n) is 3.63. The Kier molecular flexibility index (Phi) is 1.83. The fraction of sp³-hybridized carbons (Fsp3) is 0.125. The highest BCUT2D eigenvalue weighted by atomic mass is 32.1. The van der Waals surface area contributed by atoms with E-state index in [1.54, 1.807) is 17.5 Å². The Balaban J connectivity index is 2.20. The molecule has 4 heteroatoms. The average molecular weight is 180 g/mol. The Hall–Kier alpha value is -1.29. The van der Waals surface area contributed by atoms with Crippen LogP contribution in [0.5, 0.6) is 0 Å². The van der Waals surface area contributed by atoms with Crippen molar-refractivity contribution >= 4 is 17.4 Å². The van der Waals surface area contributed by atoms with E-state index >= 15 is 0 Å². The molecule has 2 amide bonds. The number of hydrogen-bond donors (Lipinski definition) is 2. The molecule has 0 aliphatic carbocycles. The number of urea groups is 1. The lowest BCUT2D eigenvalue weighted by Crippen LogP contribution is -2.37. The van der Waals surface area contributed by atoms with E-state index in [2.05, 4.69) is 10.6 Å². The molecule has 1 aromatic rings. The van der Waals surface area contributed by atoms with E-state index in [1.807, 2.05) is 23.6 Å². The van der Waals surface area contributed by atoms with Crippen molar-refractivity contribution in [2.24, 2.45) is 0 Å². The molecule has 0 aromatic carbocycles. The van der Waals surface area contributed by atoms with Gasteiger partial charge in [0.05, 0.1) is 6.04 Å². The molecule has 3 nitrogen and oxygen atoms in total. The lowest BCUT2D eigenvalue weighted by molar-refractivity contribution is 0.241. The molecule has 0 saturated carbocycles. The number of nitrogens with one attached hydrogen (secondary N) is 2. The lowest BCUT2D eigenvalue weighted by atomic mass is 10.2. The number of rotatable bonds is 1. The molecule has 0 fully saturated rings. The molecule has 0 saturated heterocycles. The molecular weight excluding hydrogens is 172 g/mol. The van der Waals surface area contributed by atoms with Crippen LogP contribution in [-0.2, 0) is 0 Å². The van der Waals surface area contributed by atoms with Gasteiger partial charge in [-0.25, -0.2) is 4.79 Å². The second-order valence-electron chi connectivity index (χ2n) is 2.47. The fourth-order valence-electron chi connectivity index (χ4n) is 1.09. The first-order chi connectivity index (χ1) is 5.86. The number of hydrogen-bond acceptors (Lipinski definition) is 2. The van der Waals surface area contributed by atoms with Crippen molar-refractivity contribution in [1.29, 1.82) is 0 Å². The van der Waals surface area contributed by atoms with Gasteiger partial charge in [-0.05, 0) is 17.5 Å². The Labute approximate surface area is 74.1 Å². The van der Waals surface area contributed by atoms with Gasteiger partial charge in [-0.2, -0.15) is 0 Å². The first-order valence-corrected chi connectivity index (χ1v) is 4.51. The molecule has 0 spiro atoms. The molecule has 0 bridgehead atoms. The van der Waals surface area contributed by atoms with E-state index in [1.165, 1.54) is 0 Å². The highest BCUT2D eigenvalue weighted by Crippen LogP contribution is 2.20. The quantitative estimate of drug-likeness (QED) is 0.677. The summed E-state index contributed by atoms with van der Waals surface area (Å²) in [5.41, 5.74) is 0. The summed E-state index contributed by atoms with van der Waals surface area (Å²) in [5.74, 6) is 0. The molecule has 1 aliphatic rings. The second kappa shape index (κ2) is 2.98. The second-order valence-corrected chi connectivity index (χ2v) is 3.45. The van der Waals surface area contributed by atoms with Crippen molar-refractivity contribution in [2.45, 2.75) is 6.04 Å². The summed E-state index contributed by atoms with van der Waals surface area (Å²) in [4.78, 5) is 12.1. The number of carbonyl (C=O) groups excluding carboxylic acids is 1. The van der Waals surface area contributed by atoms with Gasteiger partial charge in [-0.1, -0.05) is 6.07 Å². The molecule has 2 N–H and O–H groups in total. The zero-order chi connectivity index (χ0) is 8.39. The van der Waals surface area contributed by atoms with Crippen molar-refractivity contribution in [2.75, 3.05) is 0 Å². The van der Waals surface area contributed by atoms with E-state index in [-0.39, 0.29) is 12.1 Å². The van der Waals surface area contributed by atoms with E-state index in [4.69, 9.17) is 0 Å². The molecule has 2 rings (SSSR count). The molecule has 1 unspecified atom stereocenters. The molecular formula is C8H8N2OS. The minimum atomic E-state index is -0.143. The summed E-state index contributed by atoms with van der Waals surface area (Å²) in [5, 5.41) is 7.34. The Bertz CT molecular complexity index is 305. The van der Waals surface area contributed by atoms with Gasteiger partial charge >= 0.3 is 6.03 Å². The van der Waals surface area contributed by atoms with Gasteiger partial charge < -0.3 is 10.6 Å². The van der Waals surface area contributed by atoms with Gasteiger partial charge in [0.1, 0.15) is 0 Å². The predicted molar refractivity (Wildman–Crippen MR) is 47.9 cm³/mol. The van der Waals surface area contributed by atoms with Gasteiger partial charge in [-0.3, -0.25) is 0 Å². The topological polar surface area (TPSA) is 41.1 Å². The minimum Gasteiger partial charge on any atom is -0.327 e. The predicted octanol–water partition coefficient (Wildman–Crippen LogP) is 1.62. The molecule has 1 atom stereocenters. The van der Waals surface area contributed by atoms with E-state index < -0.39 is 0 Å². The fourth-order valence-corrected chi connectivity index (χ4v) is 1.84. The summed E-state index contributed by atoms with van der Waals surface area (Å²) < 4.78 is 0. The van der Waals surface area contributed by atoms with Gasteiger partial charge in [-0.15, -0.1) is 11.3 Å². The molecule has 12 heavy (non-hydrogen) atoms. The van der Waals surface area contributed by atoms with Gasteiger partial charge in [0.25, 0.3) is 0 Å². The summed E-state index contributed by atoms with van der Waals surface area (Å²) >= 11 is 1.64. The molecule has 1 aromatic heterocycles. The monoisotopic (exact) mass is 180 g/mol. The van der Waals surface area contributed by atoms with Crippen molar-refractivity contribution in [3.05, 3.63) is 34.7 Å². The van der Waals surface area contributed by atoms with Crippen LogP contribution in [-0.4, -0.2) is 6.03 Å². The van der Waals surface area contributed by atoms with Crippen molar-refractivity contribution < 1.29 is 4.79 Å². The zero-order valence-electron chi connectivity index (χ0n) is 6.28. The van der Waals surface area contributed by atoms with Gasteiger partial charge in [0, 0.05) is 11.1 Å².